The molecular formula is C25H41Cl2Zr. The minimum absolute atomic E-state index is 0. The van der Waals surface area contributed by atoms with Crippen molar-refractivity contribution in [3.63, 3.8) is 0 Å². The van der Waals surface area contributed by atoms with Crippen molar-refractivity contribution in [3.05, 3.63) is 20.5 Å². The zero-order valence-electron chi connectivity index (χ0n) is 18.9. The van der Waals surface area contributed by atoms with Gasteiger partial charge in [0.15, 0.2) is 0 Å². The molecule has 0 radical (unpaired) electrons. The smallest absolute Gasteiger partial charge is 1.00 e. The van der Waals surface area contributed by atoms with Crippen molar-refractivity contribution >= 4 is 0 Å². The van der Waals surface area contributed by atoms with Crippen molar-refractivity contribution in [2.45, 2.75) is 86.5 Å². The molecule has 0 nitrogen and oxygen atoms in total. The molecule has 3 aliphatic rings. The van der Waals surface area contributed by atoms with Crippen LogP contribution in [0.4, 0.5) is 0 Å². The Morgan fingerprint density at radius 3 is 1.75 bits per heavy atom. The van der Waals surface area contributed by atoms with Crippen LogP contribution in [0.5, 0.6) is 0 Å². The minimum Gasteiger partial charge on any atom is -1.00 e. The molecule has 0 aromatic heterocycles. The van der Waals surface area contributed by atoms with Crippen LogP contribution in [0.15, 0.2) is 20.5 Å². The van der Waals surface area contributed by atoms with Crippen LogP contribution in [0, 0.1) is 47.3 Å². The summed E-state index contributed by atoms with van der Waals surface area (Å²) < 4.78 is 1.80. The SMILES string of the molecule is CC1CCC(C(C)C)C(C2=CC[C]([Zr+2])=C2C2CC(C)CCC2C(C)C)C1.[Cl-].[Cl-]. The van der Waals surface area contributed by atoms with Crippen LogP contribution in [-0.2, 0) is 24.7 Å². The van der Waals surface area contributed by atoms with E-state index in [4.69, 9.17) is 0 Å². The van der Waals surface area contributed by atoms with E-state index in [1.807, 2.05) is 11.1 Å². The van der Waals surface area contributed by atoms with Crippen LogP contribution in [0.1, 0.15) is 86.5 Å². The summed E-state index contributed by atoms with van der Waals surface area (Å²) in [5, 5.41) is 0. The van der Waals surface area contributed by atoms with Gasteiger partial charge in [0.05, 0.1) is 0 Å². The van der Waals surface area contributed by atoms with Gasteiger partial charge in [0.2, 0.25) is 0 Å². The van der Waals surface area contributed by atoms with E-state index in [1.165, 1.54) is 44.9 Å². The predicted octanol–water partition coefficient (Wildman–Crippen LogP) is 1.54. The predicted molar refractivity (Wildman–Crippen MR) is 109 cm³/mol. The Bertz CT molecular complexity index is 563. The first-order chi connectivity index (χ1) is 12.3. The van der Waals surface area contributed by atoms with E-state index in [0.717, 1.165) is 47.3 Å². The molecule has 0 aromatic carbocycles. The van der Waals surface area contributed by atoms with Gasteiger partial charge in [-0.15, -0.1) is 0 Å². The zero-order chi connectivity index (χ0) is 19.0. The summed E-state index contributed by atoms with van der Waals surface area (Å²) >= 11 is 1.69. The van der Waals surface area contributed by atoms with E-state index in [9.17, 15) is 0 Å². The van der Waals surface area contributed by atoms with Crippen molar-refractivity contribution in [1.82, 2.24) is 0 Å². The van der Waals surface area contributed by atoms with Gasteiger partial charge in [-0.3, -0.25) is 0 Å². The molecule has 28 heavy (non-hydrogen) atoms. The van der Waals surface area contributed by atoms with Gasteiger partial charge in [0.25, 0.3) is 0 Å². The normalized spacial score (nSPS) is 36.3. The van der Waals surface area contributed by atoms with Gasteiger partial charge in [0.1, 0.15) is 0 Å². The molecule has 2 saturated carbocycles. The van der Waals surface area contributed by atoms with Crippen molar-refractivity contribution in [1.29, 1.82) is 0 Å². The Kier molecular flexibility index (Phi) is 11.1. The molecule has 0 heterocycles. The molecule has 0 aliphatic heterocycles. The van der Waals surface area contributed by atoms with Crippen LogP contribution < -0.4 is 24.8 Å². The maximum Gasteiger partial charge on any atom is -1.00 e. The number of halogens is 2. The number of rotatable bonds is 4. The number of hydrogen-bond acceptors (Lipinski definition) is 0. The van der Waals surface area contributed by atoms with E-state index in [-0.39, 0.29) is 24.8 Å². The van der Waals surface area contributed by atoms with Crippen molar-refractivity contribution in [2.24, 2.45) is 47.3 Å². The largest absolute Gasteiger partial charge is 1.00 e. The van der Waals surface area contributed by atoms with Crippen LogP contribution in [0.25, 0.3) is 0 Å². The number of allylic oxidation sites excluding steroid dienone is 4. The third-order valence-corrected chi connectivity index (χ3v) is 9.14. The van der Waals surface area contributed by atoms with E-state index in [2.05, 4.69) is 47.6 Å². The molecule has 0 aromatic rings. The van der Waals surface area contributed by atoms with Gasteiger partial charge in [-0.2, -0.15) is 0 Å². The second kappa shape index (κ2) is 11.5. The topological polar surface area (TPSA) is 0 Å². The molecule has 2 fully saturated rings. The molecular weight excluding hydrogens is 462 g/mol. The fraction of sp³-hybridized carbons (Fsp3) is 0.840. The van der Waals surface area contributed by atoms with Crippen molar-refractivity contribution < 1.29 is 49.5 Å². The van der Waals surface area contributed by atoms with Crippen LogP contribution in [0.2, 0.25) is 0 Å². The zero-order valence-corrected chi connectivity index (χ0v) is 22.9. The third kappa shape index (κ3) is 5.79. The van der Waals surface area contributed by atoms with Crippen molar-refractivity contribution in [3.8, 4) is 0 Å². The quantitative estimate of drug-likeness (QED) is 0.546. The Labute approximate surface area is 202 Å². The van der Waals surface area contributed by atoms with E-state index < -0.39 is 0 Å². The maximum atomic E-state index is 2.69. The molecule has 0 saturated heterocycles. The summed E-state index contributed by atoms with van der Waals surface area (Å²) in [5.41, 5.74) is 3.73. The average Bonchev–Trinajstić information content (AvgIpc) is 2.95. The van der Waals surface area contributed by atoms with E-state index >= 15 is 0 Å². The van der Waals surface area contributed by atoms with Crippen LogP contribution in [0.3, 0.4) is 0 Å². The maximum absolute atomic E-state index is 2.69. The molecule has 0 spiro atoms. The van der Waals surface area contributed by atoms with Gasteiger partial charge in [-0.1, -0.05) is 0 Å². The molecule has 6 unspecified atom stereocenters. The summed E-state index contributed by atoms with van der Waals surface area (Å²) in [6.45, 7) is 14.9. The Morgan fingerprint density at radius 1 is 0.786 bits per heavy atom. The summed E-state index contributed by atoms with van der Waals surface area (Å²) in [6.07, 6.45) is 12.7. The molecule has 0 N–H and O–H groups in total. The molecule has 6 atom stereocenters. The summed E-state index contributed by atoms with van der Waals surface area (Å²) in [7, 11) is 0. The monoisotopic (exact) mass is 501 g/mol. The van der Waals surface area contributed by atoms with Gasteiger partial charge in [0, 0.05) is 0 Å². The molecule has 0 bridgehead atoms. The standard InChI is InChI=1S/C25H41.2ClH.Zr/c1-16(2)20-12-10-18(5)14-24(20)22-8-7-9-23(22)25-15-19(6)11-13-21(25)17(3)4;;;/h8,16-21,24-25H,7,10-15H2,1-6H3;2*1H;/q;;;+2/p-2. The van der Waals surface area contributed by atoms with Gasteiger partial charge in [-0.25, -0.2) is 0 Å². The number of hydrogen-bond donors (Lipinski definition) is 0. The van der Waals surface area contributed by atoms with Crippen LogP contribution in [-0.4, -0.2) is 0 Å². The van der Waals surface area contributed by atoms with Gasteiger partial charge >= 0.3 is 179 Å². The second-order valence-corrected chi connectivity index (χ2v) is 12.1. The average molecular weight is 504 g/mol. The van der Waals surface area contributed by atoms with Crippen molar-refractivity contribution in [2.75, 3.05) is 0 Å². The van der Waals surface area contributed by atoms with Crippen LogP contribution >= 0.6 is 0 Å². The minimum atomic E-state index is 0. The first kappa shape index (κ1) is 27.0. The Balaban J connectivity index is 0.00000196. The van der Waals surface area contributed by atoms with Gasteiger partial charge < -0.3 is 24.8 Å². The fourth-order valence-electron chi connectivity index (χ4n) is 6.49. The summed E-state index contributed by atoms with van der Waals surface area (Å²) in [4.78, 5) is 0. The fourth-order valence-corrected chi connectivity index (χ4v) is 7.55. The summed E-state index contributed by atoms with van der Waals surface area (Å²) in [6, 6.07) is 0. The first-order valence-electron chi connectivity index (χ1n) is 11.4. The molecule has 3 aliphatic carbocycles. The third-order valence-electron chi connectivity index (χ3n) is 7.98. The first-order valence-corrected chi connectivity index (χ1v) is 12.7. The second-order valence-electron chi connectivity index (χ2n) is 10.6. The molecule has 3 heteroatoms. The van der Waals surface area contributed by atoms with E-state index in [1.54, 1.807) is 28.0 Å². The summed E-state index contributed by atoms with van der Waals surface area (Å²) in [5.74, 6) is 7.01. The molecule has 3 rings (SSSR count). The Hall–Kier alpha value is 0.943. The van der Waals surface area contributed by atoms with E-state index in [0.29, 0.717) is 0 Å². The molecule has 159 valence electrons. The molecule has 0 amide bonds. The Morgan fingerprint density at radius 2 is 1.25 bits per heavy atom. The van der Waals surface area contributed by atoms with Gasteiger partial charge in [-0.05, 0) is 0 Å².